The molecule has 5 nitrogen and oxygen atoms in total. The van der Waals surface area contributed by atoms with E-state index in [-0.39, 0.29) is 24.2 Å². The van der Waals surface area contributed by atoms with Crippen molar-refractivity contribution in [2.75, 3.05) is 20.3 Å². The summed E-state index contributed by atoms with van der Waals surface area (Å²) in [6, 6.07) is 9.06. The fourth-order valence-electron chi connectivity index (χ4n) is 3.41. The van der Waals surface area contributed by atoms with Gasteiger partial charge >= 0.3 is 0 Å². The van der Waals surface area contributed by atoms with Gasteiger partial charge in [0.15, 0.2) is 0 Å². The van der Waals surface area contributed by atoms with Crippen molar-refractivity contribution in [3.8, 4) is 6.07 Å². The minimum atomic E-state index is 0.0331. The van der Waals surface area contributed by atoms with Crippen LogP contribution in [0.5, 0.6) is 0 Å². The lowest BCUT2D eigenvalue weighted by Gasteiger charge is -2.35. The molecule has 0 aromatic heterocycles. The Labute approximate surface area is 130 Å². The molecule has 5 heteroatoms. The van der Waals surface area contributed by atoms with Crippen molar-refractivity contribution in [1.82, 2.24) is 4.90 Å². The van der Waals surface area contributed by atoms with Crippen LogP contribution in [-0.2, 0) is 9.47 Å². The second kappa shape index (κ2) is 6.47. The van der Waals surface area contributed by atoms with E-state index in [1.54, 1.807) is 31.4 Å². The number of hydrogen-bond acceptors (Lipinski definition) is 4. The molecule has 116 valence electrons. The summed E-state index contributed by atoms with van der Waals surface area (Å²) in [5.41, 5.74) is 1.21. The fraction of sp³-hybridized carbons (Fsp3) is 0.529. The Bertz CT molecular complexity index is 579. The Morgan fingerprint density at radius 2 is 2.14 bits per heavy atom. The average Bonchev–Trinajstić information content (AvgIpc) is 2.98. The molecule has 0 aliphatic carbocycles. The van der Waals surface area contributed by atoms with E-state index in [2.05, 4.69) is 6.07 Å². The van der Waals surface area contributed by atoms with Crippen molar-refractivity contribution < 1.29 is 14.3 Å². The highest BCUT2D eigenvalue weighted by Crippen LogP contribution is 2.32. The molecule has 2 aliphatic rings. The highest BCUT2D eigenvalue weighted by Gasteiger charge is 2.41. The van der Waals surface area contributed by atoms with Crippen LogP contribution in [0.1, 0.15) is 35.2 Å². The monoisotopic (exact) mass is 300 g/mol. The number of nitrogens with zero attached hydrogens (tertiary/aromatic N) is 2. The van der Waals surface area contributed by atoms with Gasteiger partial charge < -0.3 is 14.4 Å². The minimum Gasteiger partial charge on any atom is -0.382 e. The fourth-order valence-corrected chi connectivity index (χ4v) is 3.41. The number of nitriles is 1. The first kappa shape index (κ1) is 15.0. The largest absolute Gasteiger partial charge is 0.382 e. The lowest BCUT2D eigenvalue weighted by Crippen LogP contribution is -2.45. The van der Waals surface area contributed by atoms with E-state index in [1.807, 2.05) is 4.90 Å². The summed E-state index contributed by atoms with van der Waals surface area (Å²) in [6.07, 6.45) is 3.03. The van der Waals surface area contributed by atoms with Gasteiger partial charge in [0, 0.05) is 19.2 Å². The Morgan fingerprint density at radius 3 is 2.82 bits per heavy atom. The summed E-state index contributed by atoms with van der Waals surface area (Å²) in [6.45, 7) is 1.35. The van der Waals surface area contributed by atoms with Gasteiger partial charge in [-0.25, -0.2) is 0 Å². The van der Waals surface area contributed by atoms with Crippen LogP contribution in [0, 0.1) is 11.3 Å². The molecule has 0 saturated carbocycles. The maximum Gasteiger partial charge on any atom is 0.254 e. The second-order valence-corrected chi connectivity index (χ2v) is 5.87. The zero-order chi connectivity index (χ0) is 15.5. The summed E-state index contributed by atoms with van der Waals surface area (Å²) in [5.74, 6) is 0.0331. The molecule has 22 heavy (non-hydrogen) atoms. The van der Waals surface area contributed by atoms with Crippen LogP contribution >= 0.6 is 0 Å². The molecule has 0 N–H and O–H groups in total. The topological polar surface area (TPSA) is 62.6 Å². The zero-order valence-electron chi connectivity index (χ0n) is 12.7. The van der Waals surface area contributed by atoms with Gasteiger partial charge in [-0.1, -0.05) is 0 Å². The van der Waals surface area contributed by atoms with Crippen molar-refractivity contribution in [1.29, 1.82) is 5.26 Å². The molecular weight excluding hydrogens is 280 g/mol. The van der Waals surface area contributed by atoms with Gasteiger partial charge in [-0.3, -0.25) is 4.79 Å². The standard InChI is InChI=1S/C17H20N2O3/c1-21-11-14-6-7-15-16(22-14)8-9-19(15)17(20)13-4-2-12(10-18)3-5-13/h2-5,14-16H,6-9,11H2,1H3/t14-,15-,16-/m0/s1. The van der Waals surface area contributed by atoms with E-state index < -0.39 is 0 Å². The van der Waals surface area contributed by atoms with E-state index in [1.165, 1.54) is 0 Å². The van der Waals surface area contributed by atoms with Gasteiger partial charge in [0.1, 0.15) is 0 Å². The molecule has 1 amide bonds. The molecule has 0 bridgehead atoms. The highest BCUT2D eigenvalue weighted by atomic mass is 16.5. The van der Waals surface area contributed by atoms with E-state index in [0.29, 0.717) is 17.7 Å². The van der Waals surface area contributed by atoms with Crippen LogP contribution in [0.25, 0.3) is 0 Å². The van der Waals surface area contributed by atoms with Gasteiger partial charge in [0.25, 0.3) is 5.91 Å². The number of benzene rings is 1. The van der Waals surface area contributed by atoms with E-state index in [0.717, 1.165) is 25.8 Å². The van der Waals surface area contributed by atoms with Crippen LogP contribution in [0.2, 0.25) is 0 Å². The highest BCUT2D eigenvalue weighted by molar-refractivity contribution is 5.94. The predicted molar refractivity (Wildman–Crippen MR) is 80.4 cm³/mol. The zero-order valence-corrected chi connectivity index (χ0v) is 12.7. The number of methoxy groups -OCH3 is 1. The van der Waals surface area contributed by atoms with E-state index in [9.17, 15) is 4.79 Å². The normalized spacial score (nSPS) is 27.3. The number of likely N-dealkylation sites (tertiary alicyclic amines) is 1. The smallest absolute Gasteiger partial charge is 0.254 e. The summed E-state index contributed by atoms with van der Waals surface area (Å²) in [5, 5.41) is 8.83. The van der Waals surface area contributed by atoms with Gasteiger partial charge in [0.05, 0.1) is 36.5 Å². The third-order valence-corrected chi connectivity index (χ3v) is 4.51. The van der Waals surface area contributed by atoms with Crippen molar-refractivity contribution in [3.05, 3.63) is 35.4 Å². The van der Waals surface area contributed by atoms with Crippen molar-refractivity contribution >= 4 is 5.91 Å². The first-order valence-corrected chi connectivity index (χ1v) is 7.68. The molecule has 3 atom stereocenters. The van der Waals surface area contributed by atoms with Crippen molar-refractivity contribution in [2.24, 2.45) is 0 Å². The first-order chi connectivity index (χ1) is 10.7. The molecule has 0 unspecified atom stereocenters. The van der Waals surface area contributed by atoms with Gasteiger partial charge in [0.2, 0.25) is 0 Å². The molecule has 3 rings (SSSR count). The number of fused-ring (bicyclic) bond motifs is 1. The third kappa shape index (κ3) is 2.85. The number of carbonyl (C=O) groups excluding carboxylic acids is 1. The Balaban J connectivity index is 1.68. The van der Waals surface area contributed by atoms with Crippen LogP contribution in [0.3, 0.4) is 0 Å². The maximum absolute atomic E-state index is 12.7. The molecule has 2 saturated heterocycles. The number of hydrogen-bond donors (Lipinski definition) is 0. The quantitative estimate of drug-likeness (QED) is 0.856. The van der Waals surface area contributed by atoms with E-state index in [4.69, 9.17) is 14.7 Å². The molecule has 0 spiro atoms. The molecular formula is C17H20N2O3. The van der Waals surface area contributed by atoms with Crippen molar-refractivity contribution in [2.45, 2.75) is 37.5 Å². The molecule has 1 aromatic carbocycles. The molecule has 2 fully saturated rings. The third-order valence-electron chi connectivity index (χ3n) is 4.51. The number of ether oxygens (including phenoxy) is 2. The second-order valence-electron chi connectivity index (χ2n) is 5.87. The molecule has 1 aromatic rings. The Morgan fingerprint density at radius 1 is 1.36 bits per heavy atom. The Kier molecular flexibility index (Phi) is 4.41. The Hall–Kier alpha value is -1.90. The van der Waals surface area contributed by atoms with Gasteiger partial charge in [-0.05, 0) is 43.5 Å². The number of carbonyl (C=O) groups is 1. The minimum absolute atomic E-state index is 0.0331. The van der Waals surface area contributed by atoms with Crippen LogP contribution in [-0.4, -0.2) is 49.3 Å². The van der Waals surface area contributed by atoms with Gasteiger partial charge in [-0.15, -0.1) is 0 Å². The average molecular weight is 300 g/mol. The molecule has 2 heterocycles. The van der Waals surface area contributed by atoms with Crippen LogP contribution < -0.4 is 0 Å². The molecule has 0 radical (unpaired) electrons. The SMILES string of the molecule is COC[C@@H]1CC[C@H]2[C@H](CCN2C(=O)c2ccc(C#N)cc2)O1. The lowest BCUT2D eigenvalue weighted by atomic mass is 9.99. The lowest BCUT2D eigenvalue weighted by molar-refractivity contribution is -0.0902. The number of amides is 1. The predicted octanol–water partition coefficient (Wildman–Crippen LogP) is 1.97. The van der Waals surface area contributed by atoms with Gasteiger partial charge in [-0.2, -0.15) is 5.26 Å². The van der Waals surface area contributed by atoms with Crippen LogP contribution in [0.4, 0.5) is 0 Å². The summed E-state index contributed by atoms with van der Waals surface area (Å²) < 4.78 is 11.2. The molecule has 2 aliphatic heterocycles. The first-order valence-electron chi connectivity index (χ1n) is 7.68. The number of rotatable bonds is 3. The van der Waals surface area contributed by atoms with E-state index >= 15 is 0 Å². The maximum atomic E-state index is 12.7. The summed E-state index contributed by atoms with van der Waals surface area (Å²) >= 11 is 0. The summed E-state index contributed by atoms with van der Waals surface area (Å²) in [7, 11) is 1.69. The van der Waals surface area contributed by atoms with Crippen LogP contribution in [0.15, 0.2) is 24.3 Å². The van der Waals surface area contributed by atoms with Crippen molar-refractivity contribution in [3.63, 3.8) is 0 Å². The summed E-state index contributed by atoms with van der Waals surface area (Å²) in [4.78, 5) is 14.6.